The van der Waals surface area contributed by atoms with Gasteiger partial charge in [-0.25, -0.2) is 0 Å². The smallest absolute Gasteiger partial charge is 0.267 e. The van der Waals surface area contributed by atoms with Crippen molar-refractivity contribution in [2.75, 3.05) is 5.75 Å². The quantitative estimate of drug-likeness (QED) is 0.0310. The Morgan fingerprint density at radius 3 is 1.33 bits per heavy atom. The molecule has 0 aromatic rings. The summed E-state index contributed by atoms with van der Waals surface area (Å²) in [6.45, 7) is 4.48. The van der Waals surface area contributed by atoms with Crippen molar-refractivity contribution in [3.63, 3.8) is 0 Å². The van der Waals surface area contributed by atoms with Gasteiger partial charge in [-0.05, 0) is 19.3 Å². The van der Waals surface area contributed by atoms with Crippen LogP contribution in [0.4, 0.5) is 0 Å². The Morgan fingerprint density at radius 1 is 0.600 bits per heavy atom. The molecule has 1 amide bonds. The molecule has 8 heteroatoms. The van der Waals surface area contributed by atoms with Crippen molar-refractivity contribution in [1.82, 2.24) is 5.32 Å². The topological polar surface area (TPSA) is 124 Å². The first-order valence-corrected chi connectivity index (χ1v) is 20.6. The maximum atomic E-state index is 12.5. The summed E-state index contributed by atoms with van der Waals surface area (Å²) in [5, 5.41) is 23.3. The highest BCUT2D eigenvalue weighted by molar-refractivity contribution is 7.85. The predicted molar refractivity (Wildman–Crippen MR) is 190 cm³/mol. The number of nitrogens with one attached hydrogen (secondary N) is 1. The molecule has 3 atom stereocenters. The second kappa shape index (κ2) is 31.6. The lowest BCUT2D eigenvalue weighted by Crippen LogP contribution is -2.50. The largest absolute Gasteiger partial charge is 0.387 e. The average Bonchev–Trinajstić information content (AvgIpc) is 3.00. The number of aliphatic hydroxyl groups is 2. The van der Waals surface area contributed by atoms with Crippen LogP contribution in [0.25, 0.3) is 0 Å². The van der Waals surface area contributed by atoms with Gasteiger partial charge in [0.05, 0.1) is 17.9 Å². The van der Waals surface area contributed by atoms with Crippen LogP contribution in [0.1, 0.15) is 194 Å². The van der Waals surface area contributed by atoms with E-state index < -0.39 is 40.0 Å². The molecule has 0 saturated heterocycles. The van der Waals surface area contributed by atoms with Gasteiger partial charge in [0.25, 0.3) is 10.1 Å². The zero-order chi connectivity index (χ0) is 33.4. The Morgan fingerprint density at radius 2 is 0.956 bits per heavy atom. The fourth-order valence-electron chi connectivity index (χ4n) is 5.87. The summed E-state index contributed by atoms with van der Waals surface area (Å²) in [5.41, 5.74) is 0. The van der Waals surface area contributed by atoms with Crippen molar-refractivity contribution in [2.24, 2.45) is 0 Å². The number of carbonyl (C=O) groups is 1. The average molecular weight is 660 g/mol. The standard InChI is InChI=1S/C37H73NO6S/c1-3-5-7-9-11-13-15-16-17-18-19-20-22-24-26-28-30-32-36(40)37(41)38-34(33-45(42,43)44)35(39)31-29-27-25-23-21-14-12-10-8-6-4-2/h29,31,34-36,39-40H,3-28,30,32-33H2,1-2H3,(H,38,41)(H,42,43,44)/b31-29+. The number of allylic oxidation sites excluding steroid dienone is 1. The van der Waals surface area contributed by atoms with Crippen LogP contribution in [-0.4, -0.2) is 53.1 Å². The number of amides is 1. The molecule has 0 aromatic heterocycles. The zero-order valence-corrected chi connectivity index (χ0v) is 30.2. The normalized spacial score (nSPS) is 14.2. The van der Waals surface area contributed by atoms with Gasteiger partial charge < -0.3 is 15.5 Å². The number of unbranched alkanes of at least 4 members (excludes halogenated alkanes) is 25. The first-order valence-electron chi connectivity index (χ1n) is 19.0. The Bertz CT molecular complexity index is 788. The fourth-order valence-corrected chi connectivity index (χ4v) is 6.60. The van der Waals surface area contributed by atoms with Crippen molar-refractivity contribution >= 4 is 16.0 Å². The highest BCUT2D eigenvalue weighted by Gasteiger charge is 2.27. The van der Waals surface area contributed by atoms with Crippen LogP contribution in [-0.2, 0) is 14.9 Å². The third-order valence-corrected chi connectivity index (χ3v) is 9.60. The van der Waals surface area contributed by atoms with Gasteiger partial charge in [0.1, 0.15) is 6.10 Å². The summed E-state index contributed by atoms with van der Waals surface area (Å²) in [5.74, 6) is -1.53. The number of hydrogen-bond acceptors (Lipinski definition) is 5. The number of rotatable bonds is 34. The molecule has 0 aliphatic heterocycles. The minimum absolute atomic E-state index is 0.285. The molecule has 0 fully saturated rings. The number of hydrogen-bond donors (Lipinski definition) is 4. The molecule has 0 saturated carbocycles. The van der Waals surface area contributed by atoms with Crippen LogP contribution < -0.4 is 5.32 Å². The summed E-state index contributed by atoms with van der Waals surface area (Å²) < 4.78 is 32.4. The Balaban J connectivity index is 4.02. The highest BCUT2D eigenvalue weighted by atomic mass is 32.2. The van der Waals surface area contributed by atoms with Crippen molar-refractivity contribution < 1.29 is 28.0 Å². The molecule has 0 aliphatic carbocycles. The second-order valence-corrected chi connectivity index (χ2v) is 14.9. The summed E-state index contributed by atoms with van der Waals surface area (Å²) >= 11 is 0. The molecule has 0 radical (unpaired) electrons. The van der Waals surface area contributed by atoms with Crippen LogP contribution in [0, 0.1) is 0 Å². The molecule has 0 aromatic carbocycles. The number of carbonyl (C=O) groups excluding carboxylic acids is 1. The molecule has 3 unspecified atom stereocenters. The fraction of sp³-hybridized carbons (Fsp3) is 0.919. The van der Waals surface area contributed by atoms with E-state index in [9.17, 15) is 28.0 Å². The highest BCUT2D eigenvalue weighted by Crippen LogP contribution is 2.15. The van der Waals surface area contributed by atoms with E-state index in [-0.39, 0.29) is 6.42 Å². The lowest BCUT2D eigenvalue weighted by molar-refractivity contribution is -0.130. The minimum atomic E-state index is -4.43. The molecule has 268 valence electrons. The molecule has 0 aliphatic rings. The Hall–Kier alpha value is -0.960. The molecular formula is C37H73NO6S. The maximum Gasteiger partial charge on any atom is 0.267 e. The SMILES string of the molecule is CCCCCCCCCCC/C=C/C(O)C(CS(=O)(=O)O)NC(=O)C(O)CCCCCCCCCCCCCCCCCCC. The lowest BCUT2D eigenvalue weighted by atomic mass is 10.0. The molecule has 4 N–H and O–H groups in total. The van der Waals surface area contributed by atoms with Crippen molar-refractivity contribution in [3.8, 4) is 0 Å². The van der Waals surface area contributed by atoms with Crippen molar-refractivity contribution in [2.45, 2.75) is 212 Å². The third kappa shape index (κ3) is 31.4. The summed E-state index contributed by atoms with van der Waals surface area (Å²) in [6.07, 6.45) is 34.1. The van der Waals surface area contributed by atoms with Crippen LogP contribution >= 0.6 is 0 Å². The van der Waals surface area contributed by atoms with Crippen LogP contribution in [0.5, 0.6) is 0 Å². The van der Waals surface area contributed by atoms with E-state index in [1.54, 1.807) is 6.08 Å². The Kier molecular flexibility index (Phi) is 31.0. The maximum absolute atomic E-state index is 12.5. The van der Waals surface area contributed by atoms with Gasteiger partial charge in [-0.3, -0.25) is 9.35 Å². The van der Waals surface area contributed by atoms with E-state index in [0.717, 1.165) is 38.5 Å². The second-order valence-electron chi connectivity index (χ2n) is 13.4. The van der Waals surface area contributed by atoms with Gasteiger partial charge in [-0.1, -0.05) is 187 Å². The van der Waals surface area contributed by atoms with E-state index in [2.05, 4.69) is 19.2 Å². The van der Waals surface area contributed by atoms with E-state index in [0.29, 0.717) is 6.42 Å². The summed E-state index contributed by atoms with van der Waals surface area (Å²) in [6, 6.07) is -1.22. The first-order chi connectivity index (χ1) is 21.7. The van der Waals surface area contributed by atoms with Gasteiger partial charge in [-0.15, -0.1) is 0 Å². The van der Waals surface area contributed by atoms with Crippen LogP contribution in [0.2, 0.25) is 0 Å². The van der Waals surface area contributed by atoms with Gasteiger partial charge in [0, 0.05) is 0 Å². The monoisotopic (exact) mass is 660 g/mol. The molecule has 0 heterocycles. The summed E-state index contributed by atoms with van der Waals surface area (Å²) in [4.78, 5) is 12.5. The molecule has 45 heavy (non-hydrogen) atoms. The van der Waals surface area contributed by atoms with Crippen molar-refractivity contribution in [3.05, 3.63) is 12.2 Å². The first kappa shape index (κ1) is 44.0. The minimum Gasteiger partial charge on any atom is -0.387 e. The third-order valence-electron chi connectivity index (χ3n) is 8.82. The van der Waals surface area contributed by atoms with Gasteiger partial charge in [-0.2, -0.15) is 8.42 Å². The predicted octanol–water partition coefficient (Wildman–Crippen LogP) is 9.60. The van der Waals surface area contributed by atoms with Crippen LogP contribution in [0.15, 0.2) is 12.2 Å². The number of aliphatic hydroxyl groups excluding tert-OH is 2. The van der Waals surface area contributed by atoms with Gasteiger partial charge in [0.2, 0.25) is 5.91 Å². The van der Waals surface area contributed by atoms with E-state index in [4.69, 9.17) is 0 Å². The molecule has 7 nitrogen and oxygen atoms in total. The zero-order valence-electron chi connectivity index (χ0n) is 29.4. The lowest BCUT2D eigenvalue weighted by Gasteiger charge is -2.22. The van der Waals surface area contributed by atoms with Gasteiger partial charge >= 0.3 is 0 Å². The summed E-state index contributed by atoms with van der Waals surface area (Å²) in [7, 11) is -4.43. The Labute approximate surface area is 278 Å². The van der Waals surface area contributed by atoms with Gasteiger partial charge in [0.15, 0.2) is 0 Å². The molecular weight excluding hydrogens is 586 g/mol. The van der Waals surface area contributed by atoms with E-state index in [1.807, 2.05) is 0 Å². The molecule has 0 spiro atoms. The van der Waals surface area contributed by atoms with E-state index in [1.165, 1.54) is 134 Å². The van der Waals surface area contributed by atoms with Crippen LogP contribution in [0.3, 0.4) is 0 Å². The molecule has 0 rings (SSSR count). The molecule has 0 bridgehead atoms. The van der Waals surface area contributed by atoms with E-state index >= 15 is 0 Å². The van der Waals surface area contributed by atoms with Crippen molar-refractivity contribution in [1.29, 1.82) is 0 Å².